The molecule has 3 amide bonds. The molecule has 3 rings (SSSR count). The van der Waals surface area contributed by atoms with Crippen LogP contribution in [0.1, 0.15) is 59.1 Å². The lowest BCUT2D eigenvalue weighted by molar-refractivity contribution is -0.147. The molecule has 2 atom stereocenters. The number of carbonyl (C=O) groups excluding carboxylic acids is 4. The van der Waals surface area contributed by atoms with E-state index in [4.69, 9.17) is 9.47 Å². The third kappa shape index (κ3) is 9.36. The third-order valence-electron chi connectivity index (χ3n) is 6.55. The Morgan fingerprint density at radius 3 is 2.21 bits per heavy atom. The molecule has 10 nitrogen and oxygen atoms in total. The lowest BCUT2D eigenvalue weighted by atomic mass is 10.00. The molecule has 2 aromatic carbocycles. The molecule has 0 spiro atoms. The Labute approximate surface area is 246 Å². The van der Waals surface area contributed by atoms with Crippen molar-refractivity contribution in [3.63, 3.8) is 0 Å². The number of esters is 1. The molecule has 226 valence electrons. The number of benzene rings is 2. The maximum Gasteiger partial charge on any atom is 0.408 e. The number of aromatic amines is 1. The predicted octanol–water partition coefficient (Wildman–Crippen LogP) is 4.18. The minimum atomic E-state index is -1.41. The van der Waals surface area contributed by atoms with Gasteiger partial charge in [0.2, 0.25) is 11.8 Å². The van der Waals surface area contributed by atoms with Crippen LogP contribution in [0.3, 0.4) is 0 Å². The number of para-hydroxylation sites is 1. The first kappa shape index (κ1) is 32.2. The number of aromatic nitrogens is 1. The van der Waals surface area contributed by atoms with E-state index in [0.29, 0.717) is 12.8 Å². The summed E-state index contributed by atoms with van der Waals surface area (Å²) < 4.78 is 10.6. The molecular weight excluding hydrogens is 536 g/mol. The van der Waals surface area contributed by atoms with Crippen LogP contribution in [0.2, 0.25) is 0 Å². The van der Waals surface area contributed by atoms with Crippen molar-refractivity contribution in [3.05, 3.63) is 71.9 Å². The standard InChI is InChI=1S/C32H42N4O6/c1-7-41-28(38)25(18-17-21-13-9-8-10-14-21)34-27(37)26(19-22-20-33-24-16-12-11-15-23(22)24)35-29(39)32(5,6)36-30(40)42-31(2,3)4/h8-16,20,25-26,33H,7,17-19H2,1-6H3,(H,34,37)(H,35,39)(H,36,40)/t25-,26?/m0/s1. The molecule has 1 heterocycles. The summed E-state index contributed by atoms with van der Waals surface area (Å²) in [6.45, 7) is 10.1. The van der Waals surface area contributed by atoms with Crippen LogP contribution in [0.25, 0.3) is 10.9 Å². The maximum atomic E-state index is 13.8. The SMILES string of the molecule is CCOC(=O)[C@H](CCc1ccccc1)NC(=O)C(Cc1c[nH]c2ccccc12)NC(=O)C(C)(C)NC(=O)OC(C)(C)C. The molecule has 10 heteroatoms. The van der Waals surface area contributed by atoms with Gasteiger partial charge in [-0.25, -0.2) is 9.59 Å². The van der Waals surface area contributed by atoms with E-state index in [0.717, 1.165) is 22.0 Å². The number of alkyl carbamates (subject to hydrolysis) is 1. The van der Waals surface area contributed by atoms with Gasteiger partial charge < -0.3 is 30.4 Å². The summed E-state index contributed by atoms with van der Waals surface area (Å²) in [6.07, 6.45) is 2.02. The summed E-state index contributed by atoms with van der Waals surface area (Å²) in [4.78, 5) is 55.6. The molecule has 1 aromatic heterocycles. The van der Waals surface area contributed by atoms with Gasteiger partial charge in [0.25, 0.3) is 0 Å². The van der Waals surface area contributed by atoms with Crippen molar-refractivity contribution in [1.82, 2.24) is 20.9 Å². The summed E-state index contributed by atoms with van der Waals surface area (Å²) in [5.74, 6) is -1.69. The van der Waals surface area contributed by atoms with E-state index >= 15 is 0 Å². The molecule has 0 radical (unpaired) electrons. The number of rotatable bonds is 12. The number of hydrogen-bond acceptors (Lipinski definition) is 6. The van der Waals surface area contributed by atoms with Crippen LogP contribution in [-0.2, 0) is 36.7 Å². The van der Waals surface area contributed by atoms with Crippen LogP contribution < -0.4 is 16.0 Å². The second kappa shape index (κ2) is 14.0. The van der Waals surface area contributed by atoms with Gasteiger partial charge in [0.1, 0.15) is 23.2 Å². The molecule has 0 aliphatic heterocycles. The Morgan fingerprint density at radius 1 is 0.881 bits per heavy atom. The largest absolute Gasteiger partial charge is 0.464 e. The van der Waals surface area contributed by atoms with Crippen LogP contribution in [0.4, 0.5) is 4.79 Å². The molecular formula is C32H42N4O6. The van der Waals surface area contributed by atoms with Crippen molar-refractivity contribution in [2.75, 3.05) is 6.61 Å². The number of ether oxygens (including phenoxy) is 2. The molecule has 0 bridgehead atoms. The summed E-state index contributed by atoms with van der Waals surface area (Å²) >= 11 is 0. The highest BCUT2D eigenvalue weighted by molar-refractivity contribution is 5.95. The van der Waals surface area contributed by atoms with Gasteiger partial charge >= 0.3 is 12.1 Å². The number of hydrogen-bond donors (Lipinski definition) is 4. The summed E-state index contributed by atoms with van der Waals surface area (Å²) in [5, 5.41) is 9.08. The highest BCUT2D eigenvalue weighted by Crippen LogP contribution is 2.20. The number of carbonyl (C=O) groups is 4. The minimum Gasteiger partial charge on any atom is -0.464 e. The van der Waals surface area contributed by atoms with Gasteiger partial charge in [-0.05, 0) is 71.6 Å². The number of fused-ring (bicyclic) bond motifs is 1. The minimum absolute atomic E-state index is 0.137. The number of H-pyrrole nitrogens is 1. The van der Waals surface area contributed by atoms with Crippen molar-refractivity contribution in [2.45, 2.75) is 84.0 Å². The van der Waals surface area contributed by atoms with E-state index in [-0.39, 0.29) is 13.0 Å². The Morgan fingerprint density at radius 2 is 1.55 bits per heavy atom. The van der Waals surface area contributed by atoms with Gasteiger partial charge in [-0.15, -0.1) is 0 Å². The first-order valence-corrected chi connectivity index (χ1v) is 14.2. The Kier molecular flexibility index (Phi) is 10.7. The second-order valence-corrected chi connectivity index (χ2v) is 11.7. The monoisotopic (exact) mass is 578 g/mol. The van der Waals surface area contributed by atoms with Crippen molar-refractivity contribution < 1.29 is 28.7 Å². The van der Waals surface area contributed by atoms with Crippen LogP contribution in [-0.4, -0.2) is 58.7 Å². The van der Waals surface area contributed by atoms with Crippen molar-refractivity contribution in [1.29, 1.82) is 0 Å². The zero-order chi connectivity index (χ0) is 30.9. The molecule has 3 aromatic rings. The average molecular weight is 579 g/mol. The normalized spacial score (nSPS) is 13.1. The fourth-order valence-corrected chi connectivity index (χ4v) is 4.40. The zero-order valence-corrected chi connectivity index (χ0v) is 25.2. The number of amides is 3. The number of aryl methyl sites for hydroxylation is 1. The van der Waals surface area contributed by atoms with Gasteiger partial charge in [-0.3, -0.25) is 9.59 Å². The molecule has 1 unspecified atom stereocenters. The highest BCUT2D eigenvalue weighted by atomic mass is 16.6. The van der Waals surface area contributed by atoms with Crippen LogP contribution >= 0.6 is 0 Å². The van der Waals surface area contributed by atoms with Crippen LogP contribution in [0.5, 0.6) is 0 Å². The van der Waals surface area contributed by atoms with Gasteiger partial charge in [0, 0.05) is 23.5 Å². The van der Waals surface area contributed by atoms with Crippen molar-refractivity contribution in [2.24, 2.45) is 0 Å². The lowest BCUT2D eigenvalue weighted by Crippen LogP contribution is -2.60. The molecule has 42 heavy (non-hydrogen) atoms. The van der Waals surface area contributed by atoms with Gasteiger partial charge in [0.05, 0.1) is 6.61 Å². The van der Waals surface area contributed by atoms with Crippen molar-refractivity contribution in [3.8, 4) is 0 Å². The smallest absolute Gasteiger partial charge is 0.408 e. The quantitative estimate of drug-likeness (QED) is 0.238. The first-order chi connectivity index (χ1) is 19.8. The maximum absolute atomic E-state index is 13.8. The first-order valence-electron chi connectivity index (χ1n) is 14.2. The van der Waals surface area contributed by atoms with Gasteiger partial charge in [-0.2, -0.15) is 0 Å². The van der Waals surface area contributed by atoms with E-state index in [1.165, 1.54) is 13.8 Å². The van der Waals surface area contributed by atoms with Crippen LogP contribution in [0, 0.1) is 0 Å². The van der Waals surface area contributed by atoms with Gasteiger partial charge in [-0.1, -0.05) is 48.5 Å². The topological polar surface area (TPSA) is 139 Å². The molecule has 0 aliphatic rings. The summed E-state index contributed by atoms with van der Waals surface area (Å²) in [5.41, 5.74) is 0.545. The summed E-state index contributed by atoms with van der Waals surface area (Å²) in [6, 6.07) is 15.3. The average Bonchev–Trinajstić information content (AvgIpc) is 3.32. The van der Waals surface area contributed by atoms with E-state index < -0.39 is 47.1 Å². The lowest BCUT2D eigenvalue weighted by Gasteiger charge is -2.30. The highest BCUT2D eigenvalue weighted by Gasteiger charge is 2.35. The Balaban J connectivity index is 1.83. The Bertz CT molecular complexity index is 1380. The second-order valence-electron chi connectivity index (χ2n) is 11.7. The van der Waals surface area contributed by atoms with Crippen molar-refractivity contribution >= 4 is 34.8 Å². The molecule has 0 saturated carbocycles. The molecule has 0 saturated heterocycles. The Hall–Kier alpha value is -4.34. The fourth-order valence-electron chi connectivity index (χ4n) is 4.40. The summed E-state index contributed by atoms with van der Waals surface area (Å²) in [7, 11) is 0. The van der Waals surface area contributed by atoms with E-state index in [9.17, 15) is 19.2 Å². The molecule has 0 fully saturated rings. The molecule has 0 aliphatic carbocycles. The third-order valence-corrected chi connectivity index (χ3v) is 6.55. The van der Waals surface area contributed by atoms with Gasteiger partial charge in [0.15, 0.2) is 0 Å². The van der Waals surface area contributed by atoms with E-state index in [1.807, 2.05) is 54.6 Å². The molecule has 4 N–H and O–H groups in total. The predicted molar refractivity (Wildman–Crippen MR) is 161 cm³/mol. The zero-order valence-electron chi connectivity index (χ0n) is 25.2. The van der Waals surface area contributed by atoms with E-state index in [1.54, 1.807) is 33.9 Å². The number of nitrogens with one attached hydrogen (secondary N) is 4. The van der Waals surface area contributed by atoms with Crippen LogP contribution in [0.15, 0.2) is 60.8 Å². The van der Waals surface area contributed by atoms with E-state index in [2.05, 4.69) is 20.9 Å². The fraction of sp³-hybridized carbons (Fsp3) is 0.438.